The summed E-state index contributed by atoms with van der Waals surface area (Å²) >= 11 is 6.25. The highest BCUT2D eigenvalue weighted by atomic mass is 35.5. The molecule has 0 spiro atoms. The van der Waals surface area contributed by atoms with Crippen molar-refractivity contribution < 1.29 is 8.42 Å². The van der Waals surface area contributed by atoms with Gasteiger partial charge in [0.15, 0.2) is 0 Å². The molecule has 8 heteroatoms. The number of rotatable bonds is 4. The third kappa shape index (κ3) is 3.69. The van der Waals surface area contributed by atoms with Gasteiger partial charge in [0, 0.05) is 0 Å². The van der Waals surface area contributed by atoms with E-state index in [1.54, 1.807) is 49.4 Å². The maximum absolute atomic E-state index is 13.0. The first-order valence-corrected chi connectivity index (χ1v) is 11.0. The molecule has 0 bridgehead atoms. The van der Waals surface area contributed by atoms with E-state index in [-0.39, 0.29) is 21.2 Å². The second kappa shape index (κ2) is 7.59. The van der Waals surface area contributed by atoms with Crippen molar-refractivity contribution in [3.8, 4) is 5.69 Å². The van der Waals surface area contributed by atoms with E-state index in [1.165, 1.54) is 22.8 Å². The summed E-state index contributed by atoms with van der Waals surface area (Å²) in [6.07, 6.45) is 0. The highest BCUT2D eigenvalue weighted by Crippen LogP contribution is 2.27. The topological polar surface area (TPSA) is 81.1 Å². The molecule has 1 aromatic heterocycles. The number of aromatic nitrogens is 2. The SMILES string of the molecule is Cc1ccc(S(=O)(=O)Nc2cc(-n3c(C)nc4ccccc4c3=O)ccc2Cl)cc1. The Morgan fingerprint density at radius 3 is 2.40 bits per heavy atom. The summed E-state index contributed by atoms with van der Waals surface area (Å²) in [5, 5.41) is 0.689. The summed E-state index contributed by atoms with van der Waals surface area (Å²) in [7, 11) is -3.84. The van der Waals surface area contributed by atoms with Crippen LogP contribution in [0.25, 0.3) is 16.6 Å². The molecule has 0 unspecified atom stereocenters. The van der Waals surface area contributed by atoms with Gasteiger partial charge in [0.2, 0.25) is 0 Å². The molecule has 0 saturated carbocycles. The van der Waals surface area contributed by atoms with Gasteiger partial charge in [0.1, 0.15) is 5.82 Å². The van der Waals surface area contributed by atoms with Crippen LogP contribution in [-0.4, -0.2) is 18.0 Å². The zero-order valence-corrected chi connectivity index (χ0v) is 17.8. The molecule has 0 fully saturated rings. The summed E-state index contributed by atoms with van der Waals surface area (Å²) in [4.78, 5) is 17.6. The van der Waals surface area contributed by atoms with E-state index < -0.39 is 10.0 Å². The molecule has 0 aliphatic rings. The van der Waals surface area contributed by atoms with Crippen LogP contribution in [0.15, 0.2) is 76.4 Å². The molecule has 0 aliphatic carbocycles. The van der Waals surface area contributed by atoms with E-state index in [0.29, 0.717) is 22.4 Å². The first-order valence-electron chi connectivity index (χ1n) is 9.14. The van der Waals surface area contributed by atoms with Crippen LogP contribution in [-0.2, 0) is 10.0 Å². The molecule has 6 nitrogen and oxygen atoms in total. The van der Waals surface area contributed by atoms with Crippen LogP contribution >= 0.6 is 11.6 Å². The maximum atomic E-state index is 13.0. The molecule has 0 aliphatic heterocycles. The second-order valence-corrected chi connectivity index (χ2v) is 8.99. The van der Waals surface area contributed by atoms with Gasteiger partial charge in [-0.2, -0.15) is 0 Å². The third-order valence-electron chi connectivity index (χ3n) is 4.73. The van der Waals surface area contributed by atoms with E-state index in [0.717, 1.165) is 5.56 Å². The summed E-state index contributed by atoms with van der Waals surface area (Å²) in [6, 6.07) is 18.3. The lowest BCUT2D eigenvalue weighted by Gasteiger charge is -2.14. The molecule has 4 aromatic rings. The quantitative estimate of drug-likeness (QED) is 0.509. The number of benzene rings is 3. The first-order chi connectivity index (χ1) is 14.3. The molecular formula is C22H18ClN3O3S. The molecule has 4 rings (SSSR count). The lowest BCUT2D eigenvalue weighted by molar-refractivity contribution is 0.601. The van der Waals surface area contributed by atoms with Gasteiger partial charge < -0.3 is 0 Å². The van der Waals surface area contributed by atoms with E-state index in [4.69, 9.17) is 11.6 Å². The van der Waals surface area contributed by atoms with Gasteiger partial charge in [-0.25, -0.2) is 13.4 Å². The molecule has 0 saturated heterocycles. The number of nitrogens with one attached hydrogen (secondary N) is 1. The number of hydrogen-bond donors (Lipinski definition) is 1. The normalized spacial score (nSPS) is 11.6. The minimum Gasteiger partial charge on any atom is -0.278 e. The van der Waals surface area contributed by atoms with Gasteiger partial charge in [0.25, 0.3) is 15.6 Å². The van der Waals surface area contributed by atoms with E-state index >= 15 is 0 Å². The molecule has 1 heterocycles. The van der Waals surface area contributed by atoms with Crippen LogP contribution in [0.3, 0.4) is 0 Å². The van der Waals surface area contributed by atoms with E-state index in [1.807, 2.05) is 13.0 Å². The van der Waals surface area contributed by atoms with Crippen LogP contribution in [0.1, 0.15) is 11.4 Å². The predicted molar refractivity (Wildman–Crippen MR) is 119 cm³/mol. The Balaban J connectivity index is 1.81. The smallest absolute Gasteiger partial charge is 0.265 e. The summed E-state index contributed by atoms with van der Waals surface area (Å²) in [5.74, 6) is 0.480. The Morgan fingerprint density at radius 1 is 0.967 bits per heavy atom. The number of anilines is 1. The fraction of sp³-hybridized carbons (Fsp3) is 0.0909. The Morgan fingerprint density at radius 2 is 1.67 bits per heavy atom. The lowest BCUT2D eigenvalue weighted by Crippen LogP contribution is -2.22. The summed E-state index contributed by atoms with van der Waals surface area (Å²) < 4.78 is 29.5. The largest absolute Gasteiger partial charge is 0.278 e. The van der Waals surface area contributed by atoms with Crippen LogP contribution in [0, 0.1) is 13.8 Å². The average Bonchev–Trinajstić information content (AvgIpc) is 2.70. The number of aryl methyl sites for hydroxylation is 2. The lowest BCUT2D eigenvalue weighted by atomic mass is 10.2. The zero-order valence-electron chi connectivity index (χ0n) is 16.3. The molecule has 3 aromatic carbocycles. The minimum absolute atomic E-state index is 0.121. The van der Waals surface area contributed by atoms with Crippen molar-refractivity contribution in [2.75, 3.05) is 4.72 Å². The minimum atomic E-state index is -3.84. The van der Waals surface area contributed by atoms with Crippen LogP contribution in [0.2, 0.25) is 5.02 Å². The van der Waals surface area contributed by atoms with Crippen LogP contribution < -0.4 is 10.3 Å². The van der Waals surface area contributed by atoms with Crippen molar-refractivity contribution in [3.63, 3.8) is 0 Å². The standard InChI is InChI=1S/C22H18ClN3O3S/c1-14-7-10-17(11-8-14)30(28,29)25-21-13-16(9-12-19(21)23)26-15(2)24-20-6-4-3-5-18(20)22(26)27/h3-13,25H,1-2H3. The van der Waals surface area contributed by atoms with Gasteiger partial charge in [-0.05, 0) is 56.3 Å². The predicted octanol–water partition coefficient (Wildman–Crippen LogP) is 4.46. The Bertz CT molecular complexity index is 1430. The number of nitrogens with zero attached hydrogens (tertiary/aromatic N) is 2. The van der Waals surface area contributed by atoms with Gasteiger partial charge >= 0.3 is 0 Å². The summed E-state index contributed by atoms with van der Waals surface area (Å²) in [5.41, 5.74) is 1.95. The fourth-order valence-corrected chi connectivity index (χ4v) is 4.49. The van der Waals surface area contributed by atoms with Crippen molar-refractivity contribution in [2.24, 2.45) is 0 Å². The maximum Gasteiger partial charge on any atom is 0.265 e. The van der Waals surface area contributed by atoms with Gasteiger partial charge in [-0.3, -0.25) is 14.1 Å². The molecule has 30 heavy (non-hydrogen) atoms. The van der Waals surface area contributed by atoms with Gasteiger partial charge in [-0.1, -0.05) is 41.4 Å². The Labute approximate surface area is 178 Å². The second-order valence-electron chi connectivity index (χ2n) is 6.90. The number of halogens is 1. The van der Waals surface area contributed by atoms with Gasteiger partial charge in [0.05, 0.1) is 32.2 Å². The Kier molecular flexibility index (Phi) is 5.09. The third-order valence-corrected chi connectivity index (χ3v) is 6.44. The van der Waals surface area contributed by atoms with Crippen molar-refractivity contribution in [1.29, 1.82) is 0 Å². The molecule has 0 radical (unpaired) electrons. The highest BCUT2D eigenvalue weighted by Gasteiger charge is 2.17. The van der Waals surface area contributed by atoms with E-state index in [9.17, 15) is 13.2 Å². The fourth-order valence-electron chi connectivity index (χ4n) is 3.20. The van der Waals surface area contributed by atoms with Crippen molar-refractivity contribution in [3.05, 3.63) is 93.5 Å². The molecular weight excluding hydrogens is 422 g/mol. The molecule has 0 atom stereocenters. The van der Waals surface area contributed by atoms with Crippen LogP contribution in [0.4, 0.5) is 5.69 Å². The Hall–Kier alpha value is -3.16. The zero-order chi connectivity index (χ0) is 21.5. The van der Waals surface area contributed by atoms with Crippen LogP contribution in [0.5, 0.6) is 0 Å². The van der Waals surface area contributed by atoms with Crippen molar-refractivity contribution in [2.45, 2.75) is 18.7 Å². The number of para-hydroxylation sites is 1. The van der Waals surface area contributed by atoms with Crippen molar-refractivity contribution in [1.82, 2.24) is 9.55 Å². The monoisotopic (exact) mass is 439 g/mol. The highest BCUT2D eigenvalue weighted by molar-refractivity contribution is 7.92. The van der Waals surface area contributed by atoms with Gasteiger partial charge in [-0.15, -0.1) is 0 Å². The number of hydrogen-bond acceptors (Lipinski definition) is 4. The molecule has 1 N–H and O–H groups in total. The molecule has 152 valence electrons. The van der Waals surface area contributed by atoms with Crippen molar-refractivity contribution >= 4 is 38.2 Å². The molecule has 0 amide bonds. The number of sulfonamides is 1. The number of fused-ring (bicyclic) bond motifs is 1. The first kappa shape index (κ1) is 20.1. The average molecular weight is 440 g/mol. The van der Waals surface area contributed by atoms with E-state index in [2.05, 4.69) is 9.71 Å². The summed E-state index contributed by atoms with van der Waals surface area (Å²) in [6.45, 7) is 3.60.